The average Bonchev–Trinajstić information content (AvgIpc) is 1.97. The van der Waals surface area contributed by atoms with Crippen molar-refractivity contribution in [3.63, 3.8) is 0 Å². The molecule has 0 heterocycles. The first-order valence-electron chi connectivity index (χ1n) is 4.85. The Hall–Kier alpha value is 0.177. The Bertz CT molecular complexity index is 83.6. The summed E-state index contributed by atoms with van der Waals surface area (Å²) in [7, 11) is 3.42. The summed E-state index contributed by atoms with van der Waals surface area (Å²) >= 11 is 0. The molecule has 68 valence electrons. The third-order valence-corrected chi connectivity index (χ3v) is 3.24. The summed E-state index contributed by atoms with van der Waals surface area (Å²) in [6.45, 7) is 4.60. The molecular weight excluding hydrogens is 150 g/mol. The maximum absolute atomic E-state index is 2.44. The summed E-state index contributed by atoms with van der Waals surface area (Å²) in [4.78, 5) is 0. The Balaban J connectivity index is 3.10. The van der Waals surface area contributed by atoms with E-state index in [0.717, 1.165) is 6.04 Å². The molecule has 1 atom stereocenters. The number of hydrogen-bond acceptors (Lipinski definition) is 1. The molecule has 11 heavy (non-hydrogen) atoms. The van der Waals surface area contributed by atoms with Crippen LogP contribution in [0.15, 0.2) is 0 Å². The van der Waals surface area contributed by atoms with Crippen molar-refractivity contribution >= 4 is 10.4 Å². The highest BCUT2D eigenvalue weighted by molar-refractivity contribution is 6.04. The van der Waals surface area contributed by atoms with Crippen LogP contribution in [0.2, 0.25) is 0 Å². The molecule has 0 aromatic carbocycles. The van der Waals surface area contributed by atoms with Crippen molar-refractivity contribution in [2.24, 2.45) is 0 Å². The van der Waals surface area contributed by atoms with Gasteiger partial charge in [-0.15, -0.1) is 0 Å². The predicted molar refractivity (Wildman–Crippen MR) is 55.9 cm³/mol. The van der Waals surface area contributed by atoms with Gasteiger partial charge in [0.1, 0.15) is 0 Å². The molecule has 0 bridgehead atoms. The van der Waals surface area contributed by atoms with Crippen LogP contribution in [0, 0.1) is 0 Å². The first kappa shape index (κ1) is 11.2. The van der Waals surface area contributed by atoms with Crippen LogP contribution in [0.5, 0.6) is 0 Å². The van der Waals surface area contributed by atoms with Crippen molar-refractivity contribution in [3.8, 4) is 0 Å². The number of rotatable bonds is 6. The van der Waals surface area contributed by atoms with Crippen molar-refractivity contribution in [1.29, 1.82) is 0 Å². The summed E-state index contributed by atoms with van der Waals surface area (Å²) in [6.07, 6.45) is 7.00. The Morgan fingerprint density at radius 1 is 1.27 bits per heavy atom. The number of unbranched alkanes of at least 4 members (excludes halogenated alkanes) is 3. The molecule has 0 N–H and O–H groups in total. The van der Waals surface area contributed by atoms with Gasteiger partial charge in [-0.25, -0.2) is 0 Å². The second-order valence-corrected chi connectivity index (χ2v) is 5.07. The van der Waals surface area contributed by atoms with Gasteiger partial charge in [0.05, 0.1) is 10.4 Å². The van der Waals surface area contributed by atoms with Crippen LogP contribution < -0.4 is 0 Å². The largest absolute Gasteiger partial charge is 0.332 e. The smallest absolute Gasteiger partial charge is 0.0784 e. The first-order valence-corrected chi connectivity index (χ1v) is 5.74. The Kier molecular flexibility index (Phi) is 6.97. The second kappa shape index (κ2) is 6.86. The first-order chi connectivity index (χ1) is 5.18. The Morgan fingerprint density at radius 3 is 2.36 bits per heavy atom. The molecule has 0 aliphatic carbocycles. The van der Waals surface area contributed by atoms with Crippen molar-refractivity contribution in [3.05, 3.63) is 0 Å². The molecule has 0 aromatic rings. The van der Waals surface area contributed by atoms with Crippen molar-refractivity contribution < 1.29 is 0 Å². The third kappa shape index (κ3) is 6.57. The lowest BCUT2D eigenvalue weighted by molar-refractivity contribution is 0.382. The van der Waals surface area contributed by atoms with E-state index in [-0.39, 0.29) is 0 Å². The summed E-state index contributed by atoms with van der Waals surface area (Å²) in [5.74, 6) is 0. The topological polar surface area (TPSA) is 3.24 Å². The zero-order valence-corrected chi connectivity index (χ0v) is 10.6. The van der Waals surface area contributed by atoms with E-state index >= 15 is 0 Å². The molecule has 0 aromatic heterocycles. The third-order valence-electron chi connectivity index (χ3n) is 2.36. The normalized spacial score (nSPS) is 14.2. The fourth-order valence-corrected chi connectivity index (χ4v) is 1.38. The monoisotopic (exact) mass is 173 g/mol. The van der Waals surface area contributed by atoms with Crippen LogP contribution in [0.3, 0.4) is 0 Å². The van der Waals surface area contributed by atoms with E-state index in [9.17, 15) is 0 Å². The van der Waals surface area contributed by atoms with E-state index in [1.807, 2.05) is 0 Å². The number of nitrogens with zero attached hydrogens (tertiary/aromatic N) is 1. The van der Waals surface area contributed by atoms with Gasteiger partial charge in [-0.2, -0.15) is 0 Å². The molecule has 0 saturated carbocycles. The van der Waals surface area contributed by atoms with E-state index < -0.39 is 0 Å². The van der Waals surface area contributed by atoms with Gasteiger partial charge in [-0.1, -0.05) is 39.5 Å². The molecule has 0 fully saturated rings. The molecule has 2 heteroatoms. The van der Waals surface area contributed by atoms with Crippen molar-refractivity contribution in [1.82, 2.24) is 4.57 Å². The van der Waals surface area contributed by atoms with Crippen LogP contribution in [-0.2, 0) is 0 Å². The van der Waals surface area contributed by atoms with Crippen LogP contribution in [0.1, 0.15) is 46.0 Å². The predicted octanol–water partition coefficient (Wildman–Crippen LogP) is 1.56. The molecule has 0 rings (SSSR count). The summed E-state index contributed by atoms with van der Waals surface area (Å²) < 4.78 is 2.44. The standard InChI is InChI=1S/C9H23NSi/c1-4-5-6-7-8-9(2)10(3)11/h9H,4-8H2,1-3,11H3. The minimum Gasteiger partial charge on any atom is -0.332 e. The zero-order valence-electron chi connectivity index (χ0n) is 8.56. The molecule has 0 aliphatic rings. The maximum Gasteiger partial charge on any atom is 0.0784 e. The maximum atomic E-state index is 2.44. The van der Waals surface area contributed by atoms with Gasteiger partial charge in [0, 0.05) is 0 Å². The lowest BCUT2D eigenvalue weighted by Crippen LogP contribution is -2.25. The fraction of sp³-hybridized carbons (Fsp3) is 1.00. The van der Waals surface area contributed by atoms with Gasteiger partial charge in [0.2, 0.25) is 0 Å². The van der Waals surface area contributed by atoms with E-state index in [1.54, 1.807) is 0 Å². The van der Waals surface area contributed by atoms with Gasteiger partial charge in [0.25, 0.3) is 0 Å². The van der Waals surface area contributed by atoms with Crippen LogP contribution in [0.4, 0.5) is 0 Å². The van der Waals surface area contributed by atoms with Gasteiger partial charge < -0.3 is 4.57 Å². The molecule has 1 nitrogen and oxygen atoms in total. The van der Waals surface area contributed by atoms with Crippen molar-refractivity contribution in [2.75, 3.05) is 7.05 Å². The second-order valence-electron chi connectivity index (χ2n) is 3.66. The highest BCUT2D eigenvalue weighted by Crippen LogP contribution is 2.07. The van der Waals surface area contributed by atoms with Gasteiger partial charge >= 0.3 is 0 Å². The van der Waals surface area contributed by atoms with Gasteiger partial charge in [-0.3, -0.25) is 0 Å². The molecule has 0 saturated heterocycles. The number of hydrogen-bond donors (Lipinski definition) is 0. The van der Waals surface area contributed by atoms with Gasteiger partial charge in [-0.05, 0) is 19.5 Å². The highest BCUT2D eigenvalue weighted by atomic mass is 28.2. The molecule has 1 unspecified atom stereocenters. The molecule has 0 aliphatic heterocycles. The molecular formula is C9H23NSi. The van der Waals surface area contributed by atoms with Crippen LogP contribution in [-0.4, -0.2) is 28.1 Å². The Labute approximate surface area is 74.7 Å². The summed E-state index contributed by atoms with van der Waals surface area (Å²) in [6, 6.07) is 0.818. The fourth-order valence-electron chi connectivity index (χ4n) is 1.12. The zero-order chi connectivity index (χ0) is 8.69. The lowest BCUT2D eigenvalue weighted by Gasteiger charge is -2.19. The van der Waals surface area contributed by atoms with Crippen LogP contribution >= 0.6 is 0 Å². The van der Waals surface area contributed by atoms with Crippen molar-refractivity contribution in [2.45, 2.75) is 52.0 Å². The molecule has 0 radical (unpaired) electrons. The average molecular weight is 173 g/mol. The quantitative estimate of drug-likeness (QED) is 0.435. The minimum atomic E-state index is 0.818. The molecule has 0 spiro atoms. The lowest BCUT2D eigenvalue weighted by atomic mass is 10.1. The van der Waals surface area contributed by atoms with Gasteiger partial charge in [0.15, 0.2) is 0 Å². The summed E-state index contributed by atoms with van der Waals surface area (Å²) in [5.41, 5.74) is 0. The van der Waals surface area contributed by atoms with E-state index in [2.05, 4.69) is 25.5 Å². The highest BCUT2D eigenvalue weighted by Gasteiger charge is 2.01. The van der Waals surface area contributed by atoms with Crippen LogP contribution in [0.25, 0.3) is 0 Å². The SMILES string of the molecule is CCCCCCC(C)N(C)[SiH3]. The Morgan fingerprint density at radius 2 is 1.91 bits per heavy atom. The summed E-state index contributed by atoms with van der Waals surface area (Å²) in [5, 5.41) is 0. The minimum absolute atomic E-state index is 0.818. The van der Waals surface area contributed by atoms with E-state index in [0.29, 0.717) is 0 Å². The van der Waals surface area contributed by atoms with E-state index in [1.165, 1.54) is 42.5 Å². The van der Waals surface area contributed by atoms with E-state index in [4.69, 9.17) is 0 Å². The molecule has 0 amide bonds.